The molecule has 0 fully saturated rings. The first kappa shape index (κ1) is 9.64. The Morgan fingerprint density at radius 2 is 2.08 bits per heavy atom. The molecule has 4 heteroatoms. The van der Waals surface area contributed by atoms with Gasteiger partial charge in [-0.05, 0) is 6.42 Å². The van der Waals surface area contributed by atoms with Crippen molar-refractivity contribution in [2.75, 3.05) is 0 Å². The second-order valence-electron chi connectivity index (χ2n) is 2.29. The van der Waals surface area contributed by atoms with Gasteiger partial charge in [0.2, 0.25) is 0 Å². The van der Waals surface area contributed by atoms with Crippen molar-refractivity contribution in [1.82, 2.24) is 19.6 Å². The van der Waals surface area contributed by atoms with Crippen LogP contribution in [0.5, 0.6) is 0 Å². The summed E-state index contributed by atoms with van der Waals surface area (Å²) in [5, 5.41) is 3.99. The largest absolute Gasteiger partial charge is 0.256 e. The SMILES string of the molecule is CC.CCc1cn2ncnc2cn1. The fourth-order valence-corrected chi connectivity index (χ4v) is 0.949. The number of hydrogen-bond acceptors (Lipinski definition) is 3. The van der Waals surface area contributed by atoms with Crippen molar-refractivity contribution < 1.29 is 0 Å². The van der Waals surface area contributed by atoms with E-state index in [1.54, 1.807) is 10.7 Å². The minimum atomic E-state index is 0.794. The van der Waals surface area contributed by atoms with Gasteiger partial charge in [-0.25, -0.2) is 9.50 Å². The van der Waals surface area contributed by atoms with Crippen molar-refractivity contribution in [3.63, 3.8) is 0 Å². The molecule has 13 heavy (non-hydrogen) atoms. The number of aryl methyl sites for hydroxylation is 1. The fraction of sp³-hybridized carbons (Fsp3) is 0.444. The zero-order chi connectivity index (χ0) is 9.68. The second kappa shape index (κ2) is 4.54. The van der Waals surface area contributed by atoms with E-state index in [-0.39, 0.29) is 0 Å². The number of hydrogen-bond donors (Lipinski definition) is 0. The molecule has 2 aromatic heterocycles. The molecule has 0 bridgehead atoms. The molecule has 0 radical (unpaired) electrons. The van der Waals surface area contributed by atoms with Gasteiger partial charge in [-0.15, -0.1) is 0 Å². The Morgan fingerprint density at radius 1 is 1.31 bits per heavy atom. The first-order chi connectivity index (χ1) is 6.40. The van der Waals surface area contributed by atoms with E-state index in [9.17, 15) is 0 Å². The molecule has 4 nitrogen and oxygen atoms in total. The smallest absolute Gasteiger partial charge is 0.173 e. The molecule has 0 N–H and O–H groups in total. The standard InChI is InChI=1S/C7H8N4.C2H6/c1-2-6-4-11-7(3-8-6)9-5-10-11;1-2/h3-5H,2H2,1H3;1-2H3. The van der Waals surface area contributed by atoms with Crippen molar-refractivity contribution in [3.8, 4) is 0 Å². The van der Waals surface area contributed by atoms with Crippen molar-refractivity contribution in [3.05, 3.63) is 24.4 Å². The normalized spacial score (nSPS) is 9.46. The van der Waals surface area contributed by atoms with Crippen LogP contribution in [0.15, 0.2) is 18.7 Å². The molecule has 2 rings (SSSR count). The molecule has 0 spiro atoms. The molecule has 2 aromatic rings. The highest BCUT2D eigenvalue weighted by molar-refractivity contribution is 5.32. The number of rotatable bonds is 1. The molecule has 0 aliphatic heterocycles. The van der Waals surface area contributed by atoms with E-state index >= 15 is 0 Å². The van der Waals surface area contributed by atoms with Crippen molar-refractivity contribution in [1.29, 1.82) is 0 Å². The molecular weight excluding hydrogens is 164 g/mol. The minimum Gasteiger partial charge on any atom is -0.256 e. The lowest BCUT2D eigenvalue weighted by molar-refractivity contribution is 0.900. The summed E-state index contributed by atoms with van der Waals surface area (Å²) in [5.41, 5.74) is 1.82. The Balaban J connectivity index is 0.000000396. The minimum absolute atomic E-state index is 0.794. The Hall–Kier alpha value is -1.45. The lowest BCUT2D eigenvalue weighted by atomic mass is 10.4. The summed E-state index contributed by atoms with van der Waals surface area (Å²) in [6.45, 7) is 6.06. The van der Waals surface area contributed by atoms with E-state index in [4.69, 9.17) is 0 Å². The highest BCUT2D eigenvalue weighted by atomic mass is 15.3. The Labute approximate surface area is 77.6 Å². The maximum atomic E-state index is 4.17. The van der Waals surface area contributed by atoms with Gasteiger partial charge >= 0.3 is 0 Å². The number of aromatic nitrogens is 4. The molecule has 0 atom stereocenters. The van der Waals surface area contributed by atoms with Gasteiger partial charge in [-0.2, -0.15) is 5.10 Å². The summed E-state index contributed by atoms with van der Waals surface area (Å²) in [7, 11) is 0. The summed E-state index contributed by atoms with van der Waals surface area (Å²) < 4.78 is 1.73. The van der Waals surface area contributed by atoms with Crippen LogP contribution in [0.2, 0.25) is 0 Å². The van der Waals surface area contributed by atoms with Crippen LogP contribution in [0.25, 0.3) is 5.65 Å². The third-order valence-electron chi connectivity index (χ3n) is 1.58. The average molecular weight is 178 g/mol. The Bertz CT molecular complexity index is 366. The Morgan fingerprint density at radius 3 is 2.77 bits per heavy atom. The molecule has 0 unspecified atom stereocenters. The third-order valence-corrected chi connectivity index (χ3v) is 1.58. The third kappa shape index (κ3) is 2.02. The van der Waals surface area contributed by atoms with Crippen LogP contribution in [0.1, 0.15) is 26.5 Å². The summed E-state index contributed by atoms with van der Waals surface area (Å²) in [4.78, 5) is 8.16. The number of fused-ring (bicyclic) bond motifs is 1. The molecule has 0 saturated heterocycles. The molecule has 0 saturated carbocycles. The van der Waals surface area contributed by atoms with Gasteiger partial charge in [-0.1, -0.05) is 20.8 Å². The van der Waals surface area contributed by atoms with Crippen molar-refractivity contribution >= 4 is 5.65 Å². The van der Waals surface area contributed by atoms with Crippen molar-refractivity contribution in [2.45, 2.75) is 27.2 Å². The van der Waals surface area contributed by atoms with Crippen LogP contribution in [-0.2, 0) is 6.42 Å². The van der Waals surface area contributed by atoms with Gasteiger partial charge in [0, 0.05) is 0 Å². The second-order valence-corrected chi connectivity index (χ2v) is 2.29. The van der Waals surface area contributed by atoms with Gasteiger partial charge in [0.1, 0.15) is 6.33 Å². The van der Waals surface area contributed by atoms with Gasteiger partial charge in [-0.3, -0.25) is 4.98 Å². The molecule has 2 heterocycles. The van der Waals surface area contributed by atoms with E-state index in [2.05, 4.69) is 22.0 Å². The maximum Gasteiger partial charge on any atom is 0.173 e. The number of nitrogens with zero attached hydrogens (tertiary/aromatic N) is 4. The summed E-state index contributed by atoms with van der Waals surface area (Å²) in [6, 6.07) is 0. The molecule has 70 valence electrons. The van der Waals surface area contributed by atoms with Gasteiger partial charge in [0.25, 0.3) is 0 Å². The van der Waals surface area contributed by atoms with Gasteiger partial charge < -0.3 is 0 Å². The van der Waals surface area contributed by atoms with E-state index in [0.717, 1.165) is 17.8 Å². The van der Waals surface area contributed by atoms with Gasteiger partial charge in [0.15, 0.2) is 5.65 Å². The predicted octanol–water partition coefficient (Wildman–Crippen LogP) is 1.71. The van der Waals surface area contributed by atoms with Gasteiger partial charge in [0.05, 0.1) is 18.1 Å². The Kier molecular flexibility index (Phi) is 3.37. The van der Waals surface area contributed by atoms with Crippen LogP contribution < -0.4 is 0 Å². The monoisotopic (exact) mass is 178 g/mol. The molecule has 0 aliphatic rings. The molecule has 0 aliphatic carbocycles. The summed E-state index contributed by atoms with van der Waals surface area (Å²) >= 11 is 0. The van der Waals surface area contributed by atoms with E-state index < -0.39 is 0 Å². The summed E-state index contributed by atoms with van der Waals surface area (Å²) in [6.07, 6.45) is 6.07. The highest BCUT2D eigenvalue weighted by Crippen LogP contribution is 1.98. The zero-order valence-electron chi connectivity index (χ0n) is 8.23. The van der Waals surface area contributed by atoms with Crippen LogP contribution in [0.3, 0.4) is 0 Å². The fourth-order valence-electron chi connectivity index (χ4n) is 0.949. The van der Waals surface area contributed by atoms with Crippen LogP contribution >= 0.6 is 0 Å². The average Bonchev–Trinajstić information content (AvgIpc) is 2.67. The first-order valence-corrected chi connectivity index (χ1v) is 4.54. The lowest BCUT2D eigenvalue weighted by Crippen LogP contribution is -1.93. The topological polar surface area (TPSA) is 43.1 Å². The van der Waals surface area contributed by atoms with Crippen LogP contribution in [-0.4, -0.2) is 19.6 Å². The quantitative estimate of drug-likeness (QED) is 0.667. The van der Waals surface area contributed by atoms with Crippen LogP contribution in [0.4, 0.5) is 0 Å². The highest BCUT2D eigenvalue weighted by Gasteiger charge is 1.95. The molecular formula is C9H14N4. The van der Waals surface area contributed by atoms with E-state index in [0.29, 0.717) is 0 Å². The zero-order valence-corrected chi connectivity index (χ0v) is 8.23. The maximum absolute atomic E-state index is 4.17. The molecule has 0 aromatic carbocycles. The first-order valence-electron chi connectivity index (χ1n) is 4.54. The van der Waals surface area contributed by atoms with Crippen LogP contribution in [0, 0.1) is 0 Å². The lowest BCUT2D eigenvalue weighted by Gasteiger charge is -1.94. The van der Waals surface area contributed by atoms with E-state index in [1.165, 1.54) is 6.33 Å². The summed E-state index contributed by atoms with van der Waals surface area (Å²) in [5.74, 6) is 0. The molecule has 0 amide bonds. The predicted molar refractivity (Wildman–Crippen MR) is 51.5 cm³/mol. The van der Waals surface area contributed by atoms with Crippen molar-refractivity contribution in [2.24, 2.45) is 0 Å². The van der Waals surface area contributed by atoms with E-state index in [1.807, 2.05) is 20.0 Å².